The Kier molecular flexibility index (Phi) is 8.61. The van der Waals surface area contributed by atoms with Crippen molar-refractivity contribution in [1.82, 2.24) is 19.7 Å². The molecule has 0 amide bonds. The van der Waals surface area contributed by atoms with Crippen molar-refractivity contribution < 1.29 is 34.4 Å². The van der Waals surface area contributed by atoms with E-state index in [0.717, 1.165) is 6.26 Å². The number of nitrogens with one attached hydrogen (secondary N) is 4. The first-order valence-electron chi connectivity index (χ1n) is 10.3. The highest BCUT2D eigenvalue weighted by Gasteiger charge is 2.12. The van der Waals surface area contributed by atoms with Crippen molar-refractivity contribution in [3.63, 3.8) is 0 Å². The number of aromatic nitrogens is 3. The third kappa shape index (κ3) is 9.19. The zero-order valence-electron chi connectivity index (χ0n) is 19.2. The molecule has 2 aromatic carbocycles. The number of sulfonamides is 1. The van der Waals surface area contributed by atoms with Crippen LogP contribution in [0.25, 0.3) is 0 Å². The summed E-state index contributed by atoms with van der Waals surface area (Å²) >= 11 is 0. The van der Waals surface area contributed by atoms with Crippen LogP contribution in [0.2, 0.25) is 0 Å². The first-order valence-corrected chi connectivity index (χ1v) is 15.1. The van der Waals surface area contributed by atoms with Gasteiger partial charge in [0, 0.05) is 25.3 Å². The Morgan fingerprint density at radius 1 is 0.676 bits per heavy atom. The summed E-state index contributed by atoms with van der Waals surface area (Å²) < 4.78 is 87.9. The van der Waals surface area contributed by atoms with Gasteiger partial charge < -0.3 is 16.0 Å². The van der Waals surface area contributed by atoms with E-state index in [-0.39, 0.29) is 47.3 Å². The maximum absolute atomic E-state index is 11.2. The summed E-state index contributed by atoms with van der Waals surface area (Å²) in [7, 11) is -12.1. The predicted molar refractivity (Wildman–Crippen MR) is 134 cm³/mol. The van der Waals surface area contributed by atoms with E-state index in [0.29, 0.717) is 11.3 Å². The fraction of sp³-hybridized carbons (Fsp3) is 0.211. The Bertz CT molecular complexity index is 1560. The summed E-state index contributed by atoms with van der Waals surface area (Å²) in [5, 5.41) is 8.69. The Labute approximate surface area is 213 Å². The van der Waals surface area contributed by atoms with Crippen molar-refractivity contribution in [2.24, 2.45) is 0 Å². The SMILES string of the molecule is CS(=O)(=O)NCCNc1nc(NCc2ccc(S(=O)(=O)O)cc2)nc(Nc2ccc(S(=O)(=O)O)cc2)n1. The Hall–Kier alpha value is -3.42. The molecule has 0 aliphatic heterocycles. The molecule has 3 rings (SSSR count). The first kappa shape index (κ1) is 28.2. The van der Waals surface area contributed by atoms with Gasteiger partial charge in [-0.25, -0.2) is 13.1 Å². The number of benzene rings is 2. The molecule has 15 nitrogen and oxygen atoms in total. The van der Waals surface area contributed by atoms with Crippen LogP contribution in [0.4, 0.5) is 23.5 Å². The summed E-state index contributed by atoms with van der Waals surface area (Å²) in [5.74, 6) is 0.244. The van der Waals surface area contributed by atoms with Gasteiger partial charge in [0.1, 0.15) is 0 Å². The maximum Gasteiger partial charge on any atom is 0.294 e. The van der Waals surface area contributed by atoms with Crippen LogP contribution in [0.3, 0.4) is 0 Å². The number of hydrogen-bond donors (Lipinski definition) is 6. The molecule has 18 heteroatoms. The molecule has 0 spiro atoms. The van der Waals surface area contributed by atoms with Gasteiger partial charge in [0.05, 0.1) is 16.0 Å². The monoisotopic (exact) mass is 573 g/mol. The molecule has 0 saturated heterocycles. The second-order valence-corrected chi connectivity index (χ2v) is 12.2. The lowest BCUT2D eigenvalue weighted by molar-refractivity contribution is 0.481. The molecule has 0 aliphatic rings. The number of anilines is 4. The smallest absolute Gasteiger partial charge is 0.294 e. The summed E-state index contributed by atoms with van der Waals surface area (Å²) in [6.07, 6.45) is 1.02. The number of nitrogens with zero attached hydrogens (tertiary/aromatic N) is 3. The second kappa shape index (κ2) is 11.3. The average Bonchev–Trinajstić information content (AvgIpc) is 2.79. The zero-order valence-corrected chi connectivity index (χ0v) is 21.6. The van der Waals surface area contributed by atoms with Crippen LogP contribution in [-0.4, -0.2) is 68.7 Å². The predicted octanol–water partition coefficient (Wildman–Crippen LogP) is 0.682. The molecule has 1 aromatic heterocycles. The molecule has 200 valence electrons. The van der Waals surface area contributed by atoms with Crippen LogP contribution in [0.5, 0.6) is 0 Å². The molecule has 0 atom stereocenters. The first-order chi connectivity index (χ1) is 17.2. The highest BCUT2D eigenvalue weighted by Crippen LogP contribution is 2.19. The molecule has 0 fully saturated rings. The molecule has 0 radical (unpaired) electrons. The highest BCUT2D eigenvalue weighted by atomic mass is 32.2. The fourth-order valence-electron chi connectivity index (χ4n) is 2.80. The third-order valence-corrected chi connectivity index (χ3v) is 6.95. The maximum atomic E-state index is 11.2. The lowest BCUT2D eigenvalue weighted by Crippen LogP contribution is -2.28. The lowest BCUT2D eigenvalue weighted by atomic mass is 10.2. The largest absolute Gasteiger partial charge is 0.353 e. The minimum absolute atomic E-state index is 0.0531. The average molecular weight is 574 g/mol. The Balaban J connectivity index is 1.78. The third-order valence-electron chi connectivity index (χ3n) is 4.49. The molecule has 6 N–H and O–H groups in total. The van der Waals surface area contributed by atoms with Gasteiger partial charge in [-0.3, -0.25) is 9.11 Å². The van der Waals surface area contributed by atoms with Crippen molar-refractivity contribution in [3.8, 4) is 0 Å². The van der Waals surface area contributed by atoms with Gasteiger partial charge in [-0.15, -0.1) is 0 Å². The minimum Gasteiger partial charge on any atom is -0.353 e. The van der Waals surface area contributed by atoms with Gasteiger partial charge in [-0.1, -0.05) is 12.1 Å². The molecule has 0 aliphatic carbocycles. The molecule has 1 heterocycles. The van der Waals surface area contributed by atoms with Crippen LogP contribution in [0.1, 0.15) is 5.56 Å². The van der Waals surface area contributed by atoms with Gasteiger partial charge in [-0.2, -0.15) is 31.8 Å². The standard InChI is InChI=1S/C19H23N7O8S3/c1-35(27,28)22-11-10-20-17-24-18(21-12-13-2-6-15(7-3-13)36(29,30)31)26-19(25-17)23-14-4-8-16(9-5-14)37(32,33)34/h2-9,22H,10-12H2,1H3,(H,29,30,31)(H,32,33,34)(H3,20,21,23,24,25,26). The van der Waals surface area contributed by atoms with Crippen molar-refractivity contribution in [1.29, 1.82) is 0 Å². The normalized spacial score (nSPS) is 12.2. The van der Waals surface area contributed by atoms with Crippen LogP contribution in [0.15, 0.2) is 58.3 Å². The van der Waals surface area contributed by atoms with Crippen molar-refractivity contribution >= 4 is 53.8 Å². The van der Waals surface area contributed by atoms with Crippen LogP contribution >= 0.6 is 0 Å². The van der Waals surface area contributed by atoms with Gasteiger partial charge in [0.2, 0.25) is 27.9 Å². The molecule has 3 aromatic rings. The van der Waals surface area contributed by atoms with E-state index in [9.17, 15) is 25.3 Å². The number of rotatable bonds is 12. The zero-order chi connectivity index (χ0) is 27.3. The summed E-state index contributed by atoms with van der Waals surface area (Å²) in [6.45, 7) is 0.386. The summed E-state index contributed by atoms with van der Waals surface area (Å²) in [4.78, 5) is 12.1. The molecule has 0 bridgehead atoms. The molecule has 0 saturated carbocycles. The summed E-state index contributed by atoms with van der Waals surface area (Å²) in [6, 6.07) is 10.6. The van der Waals surface area contributed by atoms with Crippen molar-refractivity contribution in [2.75, 3.05) is 35.3 Å². The van der Waals surface area contributed by atoms with Crippen LogP contribution in [0, 0.1) is 0 Å². The lowest BCUT2D eigenvalue weighted by Gasteiger charge is -2.12. The number of hydrogen-bond acceptors (Lipinski definition) is 12. The fourth-order valence-corrected chi connectivity index (χ4v) is 4.23. The summed E-state index contributed by atoms with van der Waals surface area (Å²) in [5.41, 5.74) is 1.05. The van der Waals surface area contributed by atoms with Gasteiger partial charge >= 0.3 is 0 Å². The molecular formula is C19H23N7O8S3. The van der Waals surface area contributed by atoms with E-state index in [2.05, 4.69) is 35.6 Å². The van der Waals surface area contributed by atoms with E-state index in [4.69, 9.17) is 9.11 Å². The quantitative estimate of drug-likeness (QED) is 0.129. The van der Waals surface area contributed by atoms with E-state index in [1.165, 1.54) is 48.5 Å². The molecule has 37 heavy (non-hydrogen) atoms. The Morgan fingerprint density at radius 3 is 1.68 bits per heavy atom. The van der Waals surface area contributed by atoms with Crippen molar-refractivity contribution in [3.05, 3.63) is 54.1 Å². The Morgan fingerprint density at radius 2 is 1.16 bits per heavy atom. The van der Waals surface area contributed by atoms with E-state index >= 15 is 0 Å². The van der Waals surface area contributed by atoms with Gasteiger partial charge in [0.15, 0.2) is 0 Å². The molecule has 0 unspecified atom stereocenters. The van der Waals surface area contributed by atoms with Crippen LogP contribution in [-0.2, 0) is 36.8 Å². The molecular weight excluding hydrogens is 550 g/mol. The van der Waals surface area contributed by atoms with E-state index < -0.39 is 30.3 Å². The van der Waals surface area contributed by atoms with Gasteiger partial charge in [0.25, 0.3) is 20.2 Å². The minimum atomic E-state index is -4.36. The van der Waals surface area contributed by atoms with Gasteiger partial charge in [-0.05, 0) is 42.0 Å². The second-order valence-electron chi connectivity index (χ2n) is 7.50. The van der Waals surface area contributed by atoms with E-state index in [1.807, 2.05) is 0 Å². The topological polar surface area (TPSA) is 230 Å². The van der Waals surface area contributed by atoms with Crippen molar-refractivity contribution in [2.45, 2.75) is 16.3 Å². The highest BCUT2D eigenvalue weighted by molar-refractivity contribution is 7.88. The van der Waals surface area contributed by atoms with Crippen LogP contribution < -0.4 is 20.7 Å². The van der Waals surface area contributed by atoms with E-state index in [1.54, 1.807) is 0 Å².